The van der Waals surface area contributed by atoms with E-state index in [-0.39, 0.29) is 11.2 Å². The predicted molar refractivity (Wildman–Crippen MR) is 60.7 cm³/mol. The Morgan fingerprint density at radius 3 is 2.69 bits per heavy atom. The molecule has 5 heteroatoms. The van der Waals surface area contributed by atoms with Gasteiger partial charge in [-0.3, -0.25) is 0 Å². The molecule has 1 aromatic carbocycles. The van der Waals surface area contributed by atoms with Crippen molar-refractivity contribution in [1.82, 2.24) is 10.2 Å². The highest BCUT2D eigenvalue weighted by Gasteiger charge is 2.49. The van der Waals surface area contributed by atoms with Crippen molar-refractivity contribution in [2.75, 3.05) is 5.73 Å². The van der Waals surface area contributed by atoms with Gasteiger partial charge in [-0.1, -0.05) is 23.5 Å². The quantitative estimate of drug-likeness (QED) is 0.869. The molecule has 0 radical (unpaired) electrons. The molecule has 0 amide bonds. The SMILES string of the molecule is Nc1nnc(C2(c3cccc(F)c3)CC2)s1. The molecule has 0 atom stereocenters. The summed E-state index contributed by atoms with van der Waals surface area (Å²) in [7, 11) is 0. The number of halogens is 1. The van der Waals surface area contributed by atoms with Crippen LogP contribution in [0.4, 0.5) is 9.52 Å². The van der Waals surface area contributed by atoms with E-state index in [4.69, 9.17) is 5.73 Å². The Labute approximate surface area is 96.1 Å². The van der Waals surface area contributed by atoms with Crippen LogP contribution in [0.3, 0.4) is 0 Å². The molecule has 16 heavy (non-hydrogen) atoms. The number of nitrogens with zero attached hydrogens (tertiary/aromatic N) is 2. The number of rotatable bonds is 2. The average molecular weight is 235 g/mol. The third-order valence-corrected chi connectivity index (χ3v) is 3.93. The Bertz CT molecular complexity index is 534. The maximum Gasteiger partial charge on any atom is 0.203 e. The Morgan fingerprint density at radius 2 is 2.12 bits per heavy atom. The fourth-order valence-corrected chi connectivity index (χ4v) is 2.84. The monoisotopic (exact) mass is 235 g/mol. The van der Waals surface area contributed by atoms with E-state index < -0.39 is 0 Å². The molecule has 1 heterocycles. The van der Waals surface area contributed by atoms with Crippen LogP contribution >= 0.6 is 11.3 Å². The van der Waals surface area contributed by atoms with Gasteiger partial charge in [0.2, 0.25) is 5.13 Å². The van der Waals surface area contributed by atoms with Crippen LogP contribution < -0.4 is 5.73 Å². The van der Waals surface area contributed by atoms with Crippen LogP contribution in [-0.4, -0.2) is 10.2 Å². The largest absolute Gasteiger partial charge is 0.374 e. The van der Waals surface area contributed by atoms with Crippen molar-refractivity contribution in [2.45, 2.75) is 18.3 Å². The molecule has 3 rings (SSSR count). The summed E-state index contributed by atoms with van der Waals surface area (Å²) in [5.74, 6) is -0.207. The third kappa shape index (κ3) is 1.39. The molecule has 2 N–H and O–H groups in total. The zero-order valence-corrected chi connectivity index (χ0v) is 9.30. The predicted octanol–water partition coefficient (Wildman–Crippen LogP) is 2.34. The van der Waals surface area contributed by atoms with Crippen molar-refractivity contribution in [3.05, 3.63) is 40.7 Å². The first-order chi connectivity index (χ1) is 7.71. The molecule has 2 aromatic rings. The third-order valence-electron chi connectivity index (χ3n) is 2.98. The molecule has 0 saturated heterocycles. The zero-order valence-electron chi connectivity index (χ0n) is 8.48. The summed E-state index contributed by atoms with van der Waals surface area (Å²) in [4.78, 5) is 0. The van der Waals surface area contributed by atoms with Gasteiger partial charge in [0.25, 0.3) is 0 Å². The minimum Gasteiger partial charge on any atom is -0.374 e. The summed E-state index contributed by atoms with van der Waals surface area (Å²) in [5.41, 5.74) is 6.43. The molecule has 3 nitrogen and oxygen atoms in total. The van der Waals surface area contributed by atoms with E-state index in [0.717, 1.165) is 23.4 Å². The van der Waals surface area contributed by atoms with E-state index in [1.54, 1.807) is 12.1 Å². The lowest BCUT2D eigenvalue weighted by molar-refractivity contribution is 0.622. The first-order valence-corrected chi connectivity index (χ1v) is 5.88. The van der Waals surface area contributed by atoms with Gasteiger partial charge >= 0.3 is 0 Å². The summed E-state index contributed by atoms with van der Waals surface area (Å²) in [5, 5.41) is 9.27. The van der Waals surface area contributed by atoms with Crippen molar-refractivity contribution in [1.29, 1.82) is 0 Å². The van der Waals surface area contributed by atoms with E-state index in [2.05, 4.69) is 10.2 Å². The summed E-state index contributed by atoms with van der Waals surface area (Å²) >= 11 is 1.39. The number of hydrogen-bond donors (Lipinski definition) is 1. The lowest BCUT2D eigenvalue weighted by Crippen LogP contribution is -2.08. The summed E-state index contributed by atoms with van der Waals surface area (Å²) < 4.78 is 13.2. The van der Waals surface area contributed by atoms with E-state index in [1.807, 2.05) is 6.07 Å². The molecule has 1 fully saturated rings. The molecule has 1 aromatic heterocycles. The minimum atomic E-state index is -0.207. The lowest BCUT2D eigenvalue weighted by Gasteiger charge is -2.11. The van der Waals surface area contributed by atoms with Gasteiger partial charge in [-0.25, -0.2) is 4.39 Å². The highest BCUT2D eigenvalue weighted by atomic mass is 32.1. The van der Waals surface area contributed by atoms with E-state index in [0.29, 0.717) is 5.13 Å². The summed E-state index contributed by atoms with van der Waals surface area (Å²) in [6.07, 6.45) is 1.98. The van der Waals surface area contributed by atoms with Gasteiger partial charge in [-0.2, -0.15) is 0 Å². The lowest BCUT2D eigenvalue weighted by atomic mass is 9.97. The normalized spacial score (nSPS) is 17.3. The van der Waals surface area contributed by atoms with Gasteiger partial charge in [0.05, 0.1) is 0 Å². The highest BCUT2D eigenvalue weighted by molar-refractivity contribution is 7.15. The van der Waals surface area contributed by atoms with Crippen LogP contribution in [0.2, 0.25) is 0 Å². The molecular weight excluding hydrogens is 225 g/mol. The number of nitrogen functional groups attached to an aromatic ring is 1. The van der Waals surface area contributed by atoms with Gasteiger partial charge in [-0.05, 0) is 30.5 Å². The highest BCUT2D eigenvalue weighted by Crippen LogP contribution is 2.54. The van der Waals surface area contributed by atoms with Gasteiger partial charge in [-0.15, -0.1) is 10.2 Å². The number of nitrogens with two attached hydrogens (primary N) is 1. The van der Waals surface area contributed by atoms with Crippen molar-refractivity contribution in [3.8, 4) is 0 Å². The molecule has 1 aliphatic rings. The standard InChI is InChI=1S/C11H10FN3S/c12-8-3-1-2-7(6-8)11(4-5-11)9-14-15-10(13)16-9/h1-3,6H,4-5H2,(H2,13,15). The second-order valence-corrected chi connectivity index (χ2v) is 5.05. The molecular formula is C11H10FN3S. The fraction of sp³-hybridized carbons (Fsp3) is 0.273. The van der Waals surface area contributed by atoms with Crippen LogP contribution in [0.1, 0.15) is 23.4 Å². The van der Waals surface area contributed by atoms with Crippen LogP contribution in [-0.2, 0) is 5.41 Å². The maximum atomic E-state index is 13.2. The fourth-order valence-electron chi connectivity index (χ4n) is 1.97. The Morgan fingerprint density at radius 1 is 1.31 bits per heavy atom. The topological polar surface area (TPSA) is 51.8 Å². The number of aromatic nitrogens is 2. The zero-order chi connectivity index (χ0) is 11.2. The molecule has 82 valence electrons. The molecule has 0 aliphatic heterocycles. The van der Waals surface area contributed by atoms with Crippen molar-refractivity contribution < 1.29 is 4.39 Å². The van der Waals surface area contributed by atoms with Crippen LogP contribution in [0.25, 0.3) is 0 Å². The molecule has 0 spiro atoms. The van der Waals surface area contributed by atoms with Gasteiger partial charge in [0, 0.05) is 5.41 Å². The number of hydrogen-bond acceptors (Lipinski definition) is 4. The second kappa shape index (κ2) is 3.25. The summed E-state index contributed by atoms with van der Waals surface area (Å²) in [6.45, 7) is 0. The smallest absolute Gasteiger partial charge is 0.203 e. The first kappa shape index (κ1) is 9.72. The molecule has 0 bridgehead atoms. The number of anilines is 1. The second-order valence-electron chi connectivity index (χ2n) is 4.04. The first-order valence-electron chi connectivity index (χ1n) is 5.06. The Kier molecular flexibility index (Phi) is 1.97. The van der Waals surface area contributed by atoms with Crippen molar-refractivity contribution >= 4 is 16.5 Å². The van der Waals surface area contributed by atoms with Crippen molar-refractivity contribution in [3.63, 3.8) is 0 Å². The van der Waals surface area contributed by atoms with Crippen LogP contribution in [0, 0.1) is 5.82 Å². The average Bonchev–Trinajstić information content (AvgIpc) is 2.97. The van der Waals surface area contributed by atoms with Crippen molar-refractivity contribution in [2.24, 2.45) is 0 Å². The molecule has 0 unspecified atom stereocenters. The van der Waals surface area contributed by atoms with Gasteiger partial charge in [0.1, 0.15) is 10.8 Å². The molecule has 1 aliphatic carbocycles. The number of benzene rings is 1. The van der Waals surface area contributed by atoms with E-state index in [9.17, 15) is 4.39 Å². The van der Waals surface area contributed by atoms with Crippen LogP contribution in [0.5, 0.6) is 0 Å². The van der Waals surface area contributed by atoms with E-state index in [1.165, 1.54) is 17.4 Å². The minimum absolute atomic E-state index is 0.128. The Balaban J connectivity index is 2.06. The molecule has 1 saturated carbocycles. The van der Waals surface area contributed by atoms with Gasteiger partial charge < -0.3 is 5.73 Å². The Hall–Kier alpha value is -1.49. The van der Waals surface area contributed by atoms with E-state index >= 15 is 0 Å². The van der Waals surface area contributed by atoms with Gasteiger partial charge in [0.15, 0.2) is 0 Å². The summed E-state index contributed by atoms with van der Waals surface area (Å²) in [6, 6.07) is 6.70. The van der Waals surface area contributed by atoms with Crippen LogP contribution in [0.15, 0.2) is 24.3 Å². The maximum absolute atomic E-state index is 13.2.